The van der Waals surface area contributed by atoms with E-state index in [4.69, 9.17) is 0 Å². The highest BCUT2D eigenvalue weighted by Crippen LogP contribution is 2.11. The molecule has 0 radical (unpaired) electrons. The maximum absolute atomic E-state index is 12.0. The summed E-state index contributed by atoms with van der Waals surface area (Å²) in [7, 11) is 1.83. The van der Waals surface area contributed by atoms with Gasteiger partial charge in [-0.05, 0) is 25.2 Å². The number of aryl methyl sites for hydroxylation is 1. The molecule has 0 saturated carbocycles. The average molecular weight is 388 g/mol. The number of carbonyl (C=O) groups excluding carboxylic acids is 2. The third kappa shape index (κ3) is 8.02. The Labute approximate surface area is 159 Å². The Balaban J connectivity index is 0.00000288. The molecular formula is C16H23Cl2N5O2. The summed E-state index contributed by atoms with van der Waals surface area (Å²) in [4.78, 5) is 27.9. The van der Waals surface area contributed by atoms with Gasteiger partial charge >= 0.3 is 0 Å². The molecule has 2 rings (SSSR count). The van der Waals surface area contributed by atoms with E-state index in [1.165, 1.54) is 0 Å². The van der Waals surface area contributed by atoms with Gasteiger partial charge in [0.2, 0.25) is 5.91 Å². The number of anilines is 1. The second-order valence-corrected chi connectivity index (χ2v) is 5.04. The lowest BCUT2D eigenvalue weighted by molar-refractivity contribution is -0.116. The summed E-state index contributed by atoms with van der Waals surface area (Å²) in [5.41, 5.74) is 1.13. The quantitative estimate of drug-likeness (QED) is 0.601. The minimum atomic E-state index is -0.158. The number of aromatic nitrogens is 2. The number of likely N-dealkylation sites (N-methyl/N-ethyl adjacent to an activating group) is 1. The van der Waals surface area contributed by atoms with Crippen molar-refractivity contribution in [3.05, 3.63) is 48.5 Å². The van der Waals surface area contributed by atoms with Crippen LogP contribution >= 0.6 is 24.8 Å². The Morgan fingerprint density at radius 3 is 2.68 bits per heavy atom. The molecule has 2 aromatic rings. The van der Waals surface area contributed by atoms with E-state index < -0.39 is 0 Å². The maximum Gasteiger partial charge on any atom is 0.251 e. The van der Waals surface area contributed by atoms with Crippen molar-refractivity contribution in [2.45, 2.75) is 13.0 Å². The molecule has 0 unspecified atom stereocenters. The van der Waals surface area contributed by atoms with Gasteiger partial charge in [0, 0.05) is 49.7 Å². The molecule has 3 N–H and O–H groups in total. The number of rotatable bonds is 8. The zero-order valence-electron chi connectivity index (χ0n) is 13.9. The maximum atomic E-state index is 12.0. The van der Waals surface area contributed by atoms with E-state index in [2.05, 4.69) is 20.9 Å². The van der Waals surface area contributed by atoms with E-state index in [1.54, 1.807) is 36.8 Å². The lowest BCUT2D eigenvalue weighted by atomic mass is 10.2. The number of hydrogen-bond donors (Lipinski definition) is 3. The van der Waals surface area contributed by atoms with Crippen molar-refractivity contribution < 1.29 is 9.59 Å². The number of imidazole rings is 1. The van der Waals surface area contributed by atoms with Gasteiger partial charge < -0.3 is 20.5 Å². The molecule has 25 heavy (non-hydrogen) atoms. The fourth-order valence-electron chi connectivity index (χ4n) is 2.01. The second kappa shape index (κ2) is 12.3. The summed E-state index contributed by atoms with van der Waals surface area (Å²) in [5.74, 6) is -0.263. The molecule has 0 aliphatic rings. The predicted molar refractivity (Wildman–Crippen MR) is 103 cm³/mol. The highest BCUT2D eigenvalue weighted by atomic mass is 35.5. The number of amides is 2. The van der Waals surface area contributed by atoms with Crippen LogP contribution in [0.5, 0.6) is 0 Å². The van der Waals surface area contributed by atoms with Gasteiger partial charge in [0.1, 0.15) is 0 Å². The molecule has 1 heterocycles. The second-order valence-electron chi connectivity index (χ2n) is 5.04. The van der Waals surface area contributed by atoms with Gasteiger partial charge in [0.25, 0.3) is 5.91 Å². The fraction of sp³-hybridized carbons (Fsp3) is 0.312. The number of hydrogen-bond acceptors (Lipinski definition) is 4. The van der Waals surface area contributed by atoms with Crippen LogP contribution < -0.4 is 16.0 Å². The first-order valence-corrected chi connectivity index (χ1v) is 7.47. The van der Waals surface area contributed by atoms with E-state index >= 15 is 0 Å². The normalized spacial score (nSPS) is 9.48. The van der Waals surface area contributed by atoms with Crippen molar-refractivity contribution in [3.63, 3.8) is 0 Å². The summed E-state index contributed by atoms with van der Waals surface area (Å²) in [6.45, 7) is 1.82. The van der Waals surface area contributed by atoms with Gasteiger partial charge in [-0.1, -0.05) is 6.07 Å². The van der Waals surface area contributed by atoms with Crippen LogP contribution in [0.2, 0.25) is 0 Å². The smallest absolute Gasteiger partial charge is 0.251 e. The molecule has 0 spiro atoms. The molecule has 138 valence electrons. The number of halogens is 2. The number of nitrogens with one attached hydrogen (secondary N) is 3. The third-order valence-corrected chi connectivity index (χ3v) is 3.23. The minimum absolute atomic E-state index is 0. The zero-order valence-corrected chi connectivity index (χ0v) is 15.5. The van der Waals surface area contributed by atoms with E-state index in [0.717, 1.165) is 0 Å². The molecule has 0 aliphatic carbocycles. The lowest BCUT2D eigenvalue weighted by Gasteiger charge is -2.08. The van der Waals surface area contributed by atoms with Crippen LogP contribution in [0.4, 0.5) is 5.69 Å². The zero-order chi connectivity index (χ0) is 16.5. The van der Waals surface area contributed by atoms with E-state index in [1.807, 2.05) is 17.8 Å². The van der Waals surface area contributed by atoms with Gasteiger partial charge in [0.05, 0.1) is 6.33 Å². The summed E-state index contributed by atoms with van der Waals surface area (Å²) >= 11 is 0. The summed E-state index contributed by atoms with van der Waals surface area (Å²) in [6.07, 6.45) is 5.50. The van der Waals surface area contributed by atoms with E-state index in [0.29, 0.717) is 37.3 Å². The molecule has 1 aromatic heterocycles. The van der Waals surface area contributed by atoms with Crippen LogP contribution in [-0.2, 0) is 11.3 Å². The van der Waals surface area contributed by atoms with Crippen molar-refractivity contribution in [1.29, 1.82) is 0 Å². The molecule has 0 fully saturated rings. The minimum Gasteiger partial charge on any atom is -0.351 e. The first kappa shape index (κ1) is 22.9. The molecule has 7 nitrogen and oxygen atoms in total. The van der Waals surface area contributed by atoms with Gasteiger partial charge in [0.15, 0.2) is 0 Å². The molecule has 1 aromatic carbocycles. The van der Waals surface area contributed by atoms with Crippen LogP contribution in [0.25, 0.3) is 0 Å². The largest absolute Gasteiger partial charge is 0.351 e. The van der Waals surface area contributed by atoms with Gasteiger partial charge in [-0.15, -0.1) is 24.8 Å². The van der Waals surface area contributed by atoms with Crippen LogP contribution in [-0.4, -0.2) is 41.5 Å². The molecule has 0 aliphatic heterocycles. The standard InChI is InChI=1S/C16H21N5O2.2ClH/c1-17-6-7-19-16(23)13-3-2-4-14(11-13)20-15(22)5-9-21-10-8-18-12-21;;/h2-4,8,10-12,17H,5-7,9H2,1H3,(H,19,23)(H,20,22);2*1H. The van der Waals surface area contributed by atoms with Gasteiger partial charge in [-0.2, -0.15) is 0 Å². The topological polar surface area (TPSA) is 88.0 Å². The van der Waals surface area contributed by atoms with Crippen molar-refractivity contribution >= 4 is 42.3 Å². The lowest BCUT2D eigenvalue weighted by Crippen LogP contribution is -2.30. The Hall–Kier alpha value is -2.09. The van der Waals surface area contributed by atoms with E-state index in [-0.39, 0.29) is 36.6 Å². The molecule has 0 saturated heterocycles. The van der Waals surface area contributed by atoms with Crippen LogP contribution in [0.3, 0.4) is 0 Å². The molecule has 0 atom stereocenters. The number of nitrogens with zero attached hydrogens (tertiary/aromatic N) is 2. The number of carbonyl (C=O) groups is 2. The van der Waals surface area contributed by atoms with Gasteiger partial charge in [-0.3, -0.25) is 9.59 Å². The Kier molecular flexibility index (Phi) is 11.3. The highest BCUT2D eigenvalue weighted by molar-refractivity contribution is 5.97. The van der Waals surface area contributed by atoms with Crippen LogP contribution in [0.15, 0.2) is 43.0 Å². The van der Waals surface area contributed by atoms with Crippen molar-refractivity contribution in [2.75, 3.05) is 25.5 Å². The van der Waals surface area contributed by atoms with Crippen molar-refractivity contribution in [1.82, 2.24) is 20.2 Å². The van der Waals surface area contributed by atoms with Crippen LogP contribution in [0.1, 0.15) is 16.8 Å². The molecule has 2 amide bonds. The summed E-state index contributed by atoms with van der Waals surface area (Å²) in [5, 5.41) is 8.56. The van der Waals surface area contributed by atoms with Gasteiger partial charge in [-0.25, -0.2) is 4.98 Å². The summed E-state index contributed by atoms with van der Waals surface area (Å²) < 4.78 is 1.84. The Morgan fingerprint density at radius 1 is 1.20 bits per heavy atom. The molecule has 0 bridgehead atoms. The Morgan fingerprint density at radius 2 is 2.00 bits per heavy atom. The average Bonchev–Trinajstić information content (AvgIpc) is 3.07. The molecule has 9 heteroatoms. The monoisotopic (exact) mass is 387 g/mol. The highest BCUT2D eigenvalue weighted by Gasteiger charge is 2.07. The fourth-order valence-corrected chi connectivity index (χ4v) is 2.01. The Bertz CT molecular complexity index is 650. The first-order valence-electron chi connectivity index (χ1n) is 7.47. The number of benzene rings is 1. The van der Waals surface area contributed by atoms with Crippen molar-refractivity contribution in [2.24, 2.45) is 0 Å². The SMILES string of the molecule is CNCCNC(=O)c1cccc(NC(=O)CCn2ccnc2)c1.Cl.Cl. The van der Waals surface area contributed by atoms with Crippen LogP contribution in [0, 0.1) is 0 Å². The predicted octanol–water partition coefficient (Wildman–Crippen LogP) is 1.70. The summed E-state index contributed by atoms with van der Waals surface area (Å²) in [6, 6.07) is 6.90. The third-order valence-electron chi connectivity index (χ3n) is 3.23. The molecular weight excluding hydrogens is 365 g/mol. The first-order chi connectivity index (χ1) is 11.2. The van der Waals surface area contributed by atoms with E-state index in [9.17, 15) is 9.59 Å². The van der Waals surface area contributed by atoms with Crippen molar-refractivity contribution in [3.8, 4) is 0 Å².